The number of halogens is 8. The topological polar surface area (TPSA) is 157 Å². The first-order valence-electron chi connectivity index (χ1n) is 13.7. The molecule has 0 unspecified atom stereocenters. The number of nitrogens with zero attached hydrogens (tertiary/aromatic N) is 1. The summed E-state index contributed by atoms with van der Waals surface area (Å²) in [6.45, 7) is 6.85. The molecule has 0 amide bonds. The number of carboxylic acid groups (broad SMARTS) is 3. The summed E-state index contributed by atoms with van der Waals surface area (Å²) >= 11 is 5.97. The van der Waals surface area contributed by atoms with E-state index in [-0.39, 0.29) is 24.8 Å². The Morgan fingerprint density at radius 1 is 0.979 bits per heavy atom. The molecule has 0 spiro atoms. The van der Waals surface area contributed by atoms with Crippen molar-refractivity contribution in [3.05, 3.63) is 64.4 Å². The van der Waals surface area contributed by atoms with Gasteiger partial charge in [-0.2, -0.15) is 26.3 Å². The number of alkyl halides is 6. The Morgan fingerprint density at radius 3 is 1.98 bits per heavy atom. The zero-order valence-electron chi connectivity index (χ0n) is 25.0. The number of benzene rings is 2. The van der Waals surface area contributed by atoms with Crippen LogP contribution >= 0.6 is 11.6 Å². The van der Waals surface area contributed by atoms with Crippen molar-refractivity contribution in [2.45, 2.75) is 57.2 Å². The Hall–Kier alpha value is -3.67. The highest BCUT2D eigenvalue weighted by atomic mass is 35.5. The lowest BCUT2D eigenvalue weighted by Crippen LogP contribution is -2.52. The molecule has 1 saturated heterocycles. The number of nitrogens with one attached hydrogen (secondary N) is 1. The molecule has 10 nitrogen and oxygen atoms in total. The number of aliphatic carboxylic acids is 3. The van der Waals surface area contributed by atoms with E-state index in [9.17, 15) is 40.6 Å². The van der Waals surface area contributed by atoms with Crippen molar-refractivity contribution in [1.82, 2.24) is 10.2 Å². The van der Waals surface area contributed by atoms with Crippen LogP contribution in [-0.4, -0.2) is 93.5 Å². The summed E-state index contributed by atoms with van der Waals surface area (Å²) in [6.07, 6.45) is -9.49. The van der Waals surface area contributed by atoms with Crippen molar-refractivity contribution in [3.8, 4) is 5.75 Å². The number of hydrogen-bond donors (Lipinski definition) is 5. The maximum atomic E-state index is 13.6. The molecule has 0 aromatic heterocycles. The molecule has 3 rings (SSSR count). The minimum atomic E-state index is -5.08. The van der Waals surface area contributed by atoms with E-state index in [1.807, 2.05) is 12.1 Å². The van der Waals surface area contributed by atoms with Gasteiger partial charge < -0.3 is 30.5 Å². The lowest BCUT2D eigenvalue weighted by atomic mass is 9.92. The zero-order chi connectivity index (χ0) is 36.2. The predicted octanol–water partition coefficient (Wildman–Crippen LogP) is 5.00. The summed E-state index contributed by atoms with van der Waals surface area (Å²) in [5, 5.41) is 38.3. The van der Waals surface area contributed by atoms with Gasteiger partial charge in [0.15, 0.2) is 0 Å². The molecule has 18 heteroatoms. The van der Waals surface area contributed by atoms with Gasteiger partial charge in [-0.05, 0) is 49.6 Å². The number of ether oxygens (including phenoxy) is 1. The van der Waals surface area contributed by atoms with Crippen molar-refractivity contribution in [2.75, 3.05) is 26.2 Å². The molecular formula is C29H34ClF7N2O8. The van der Waals surface area contributed by atoms with Crippen molar-refractivity contribution in [3.63, 3.8) is 0 Å². The third-order valence-electron chi connectivity index (χ3n) is 6.45. The van der Waals surface area contributed by atoms with E-state index in [1.165, 1.54) is 17.7 Å². The van der Waals surface area contributed by atoms with Gasteiger partial charge in [-0.1, -0.05) is 36.7 Å². The Bertz CT molecular complexity index is 1300. The SMILES string of the molecule is C[C@H]1CN(Cc2ccc(Cl)cc2)CC[C@@H]1NC[C@](C)(O)COc1cc(F)ccc1CC(=O)O.O=C(O)C(F)(F)F.O=C(O)C(F)(F)F. The summed E-state index contributed by atoms with van der Waals surface area (Å²) in [5.41, 5.74) is 0.402. The molecule has 2 aromatic carbocycles. The fourth-order valence-corrected chi connectivity index (χ4v) is 4.26. The first-order valence-corrected chi connectivity index (χ1v) is 14.0. The molecule has 0 radical (unpaired) electrons. The predicted molar refractivity (Wildman–Crippen MR) is 154 cm³/mol. The summed E-state index contributed by atoms with van der Waals surface area (Å²) in [7, 11) is 0. The highest BCUT2D eigenvalue weighted by Gasteiger charge is 2.39. The highest BCUT2D eigenvalue weighted by Crippen LogP contribution is 2.23. The second kappa shape index (κ2) is 18.0. The molecule has 0 saturated carbocycles. The third kappa shape index (κ3) is 16.6. The van der Waals surface area contributed by atoms with Gasteiger partial charge in [0.2, 0.25) is 0 Å². The van der Waals surface area contributed by atoms with Crippen LogP contribution in [-0.2, 0) is 27.3 Å². The van der Waals surface area contributed by atoms with Crippen molar-refractivity contribution < 1.29 is 70.3 Å². The maximum Gasteiger partial charge on any atom is 0.490 e. The molecule has 47 heavy (non-hydrogen) atoms. The standard InChI is InChI=1S/C25H32ClFN2O4.2C2HF3O2/c1-17-13-29(14-18-3-6-20(26)7-4-18)10-9-22(17)28-15-25(2,32)16-33-23-12-21(27)8-5-19(23)11-24(30)31;2*3-2(4,5)1(6)7/h3-8,12,17,22,28,32H,9-11,13-16H2,1-2H3,(H,30,31);2*(H,6,7)/t17-,22-,25-;;/m0../s1. The summed E-state index contributed by atoms with van der Waals surface area (Å²) in [6, 6.07) is 11.9. The van der Waals surface area contributed by atoms with E-state index < -0.39 is 41.7 Å². The quantitative estimate of drug-likeness (QED) is 0.213. The van der Waals surface area contributed by atoms with E-state index in [0.717, 1.165) is 37.1 Å². The average Bonchev–Trinajstić information content (AvgIpc) is 2.93. The van der Waals surface area contributed by atoms with E-state index in [4.69, 9.17) is 41.2 Å². The van der Waals surface area contributed by atoms with Crippen LogP contribution in [0.25, 0.3) is 0 Å². The monoisotopic (exact) mass is 706 g/mol. The van der Waals surface area contributed by atoms with Gasteiger partial charge in [-0.25, -0.2) is 14.0 Å². The highest BCUT2D eigenvalue weighted by molar-refractivity contribution is 6.30. The lowest BCUT2D eigenvalue weighted by molar-refractivity contribution is -0.193. The van der Waals surface area contributed by atoms with Crippen molar-refractivity contribution in [2.24, 2.45) is 5.92 Å². The molecular weight excluding hydrogens is 673 g/mol. The molecule has 0 bridgehead atoms. The van der Waals surface area contributed by atoms with E-state index in [0.29, 0.717) is 18.0 Å². The largest absolute Gasteiger partial charge is 0.490 e. The third-order valence-corrected chi connectivity index (χ3v) is 6.70. The molecule has 5 N–H and O–H groups in total. The fraction of sp³-hybridized carbons (Fsp3) is 0.483. The first kappa shape index (κ1) is 41.4. The van der Waals surface area contributed by atoms with Crippen molar-refractivity contribution >= 4 is 29.5 Å². The molecule has 0 aliphatic carbocycles. The van der Waals surface area contributed by atoms with Gasteiger partial charge in [-0.3, -0.25) is 9.69 Å². The minimum Gasteiger partial charge on any atom is -0.490 e. The minimum absolute atomic E-state index is 0.0835. The van der Waals surface area contributed by atoms with Crippen LogP contribution in [0.4, 0.5) is 30.7 Å². The van der Waals surface area contributed by atoms with Crippen molar-refractivity contribution in [1.29, 1.82) is 0 Å². The molecule has 264 valence electrons. The van der Waals surface area contributed by atoms with Gasteiger partial charge in [-0.15, -0.1) is 0 Å². The molecule has 2 aromatic rings. The molecule has 1 aliphatic heterocycles. The van der Waals surface area contributed by atoms with Gasteiger partial charge in [0.25, 0.3) is 0 Å². The lowest BCUT2D eigenvalue weighted by Gasteiger charge is -2.38. The first-order chi connectivity index (χ1) is 21.5. The Morgan fingerprint density at radius 2 is 1.51 bits per heavy atom. The number of piperidine rings is 1. The van der Waals surface area contributed by atoms with E-state index >= 15 is 0 Å². The summed E-state index contributed by atoms with van der Waals surface area (Å²) < 4.78 is 82.7. The number of carboxylic acids is 3. The number of carbonyl (C=O) groups is 3. The van der Waals surface area contributed by atoms with E-state index in [1.54, 1.807) is 6.92 Å². The molecule has 3 atom stereocenters. The number of likely N-dealkylation sites (tertiary alicyclic amines) is 1. The Balaban J connectivity index is 0.000000658. The Labute approximate surface area is 269 Å². The normalized spacial score (nSPS) is 18.0. The molecule has 1 heterocycles. The van der Waals surface area contributed by atoms with Crippen LogP contribution < -0.4 is 10.1 Å². The average molecular weight is 707 g/mol. The second-order valence-corrected chi connectivity index (χ2v) is 11.3. The number of rotatable bonds is 10. The van der Waals surface area contributed by atoms with E-state index in [2.05, 4.69) is 29.3 Å². The Kier molecular flexibility index (Phi) is 15.9. The van der Waals surface area contributed by atoms with Crippen LogP contribution in [0.2, 0.25) is 5.02 Å². The summed E-state index contributed by atoms with van der Waals surface area (Å²) in [5.74, 6) is -6.53. The molecule has 1 fully saturated rings. The number of hydrogen-bond acceptors (Lipinski definition) is 7. The second-order valence-electron chi connectivity index (χ2n) is 10.8. The zero-order valence-corrected chi connectivity index (χ0v) is 25.8. The summed E-state index contributed by atoms with van der Waals surface area (Å²) in [4.78, 5) is 31.2. The van der Waals surface area contributed by atoms with Gasteiger partial charge >= 0.3 is 30.3 Å². The van der Waals surface area contributed by atoms with Gasteiger partial charge in [0, 0.05) is 42.3 Å². The number of aliphatic hydroxyl groups is 1. The molecule has 1 aliphatic rings. The smallest absolute Gasteiger partial charge is 0.490 e. The van der Waals surface area contributed by atoms with Crippen LogP contribution in [0, 0.1) is 11.7 Å². The van der Waals surface area contributed by atoms with Crippen LogP contribution in [0.3, 0.4) is 0 Å². The van der Waals surface area contributed by atoms with Crippen LogP contribution in [0.1, 0.15) is 31.4 Å². The van der Waals surface area contributed by atoms with Crippen LogP contribution in [0.5, 0.6) is 5.75 Å². The van der Waals surface area contributed by atoms with Gasteiger partial charge in [0.05, 0.1) is 6.42 Å². The fourth-order valence-electron chi connectivity index (χ4n) is 4.13. The van der Waals surface area contributed by atoms with Gasteiger partial charge in [0.1, 0.15) is 23.8 Å². The van der Waals surface area contributed by atoms with Crippen LogP contribution in [0.15, 0.2) is 42.5 Å². The maximum absolute atomic E-state index is 13.6.